The zero-order valence-electron chi connectivity index (χ0n) is 9.68. The molecule has 0 unspecified atom stereocenters. The summed E-state index contributed by atoms with van der Waals surface area (Å²) in [7, 11) is 0. The molecule has 102 valence electrons. The van der Waals surface area contributed by atoms with Gasteiger partial charge in [-0.3, -0.25) is 0 Å². The van der Waals surface area contributed by atoms with E-state index in [0.29, 0.717) is 11.2 Å². The largest absolute Gasteiger partial charge is 0.387 e. The first-order valence-electron chi connectivity index (χ1n) is 5.63. The number of aromatic nitrogens is 4. The van der Waals surface area contributed by atoms with Gasteiger partial charge >= 0.3 is 0 Å². The quantitative estimate of drug-likeness (QED) is 0.508. The van der Waals surface area contributed by atoms with E-state index < -0.39 is 24.1 Å². The van der Waals surface area contributed by atoms with Crippen LogP contribution in [0.5, 0.6) is 0 Å². The van der Waals surface area contributed by atoms with Crippen LogP contribution in [0.15, 0.2) is 12.7 Å². The van der Waals surface area contributed by atoms with Crippen LogP contribution < -0.4 is 5.73 Å². The number of imidazole rings is 1. The molecule has 0 bridgehead atoms. The number of nitrogens with zero attached hydrogens (tertiary/aromatic N) is 4. The van der Waals surface area contributed by atoms with Crippen molar-refractivity contribution < 1.29 is 19.7 Å². The molecule has 1 aliphatic carbocycles. The first-order chi connectivity index (χ1) is 8.93. The lowest BCUT2D eigenvalue weighted by atomic mass is 10.2. The standard InChI is InChI=1S/C10H12FN5O3/c11-10(19)5(17)1-4(7(10)18)16-3-15-6-8(12)13-2-14-9(6)16/h2-5,7,17-19H,1H2,(H2,12,13,14)/t4-,5+,7+,10-/m0/s1. The summed E-state index contributed by atoms with van der Waals surface area (Å²) in [5, 5.41) is 28.6. The second kappa shape index (κ2) is 3.83. The fourth-order valence-corrected chi connectivity index (χ4v) is 2.37. The number of hydrogen-bond acceptors (Lipinski definition) is 7. The summed E-state index contributed by atoms with van der Waals surface area (Å²) in [4.78, 5) is 11.7. The van der Waals surface area contributed by atoms with Crippen LogP contribution in [-0.4, -0.2) is 52.9 Å². The summed E-state index contributed by atoms with van der Waals surface area (Å²) in [6, 6.07) is -0.885. The molecule has 2 heterocycles. The Morgan fingerprint density at radius 3 is 2.74 bits per heavy atom. The maximum Gasteiger partial charge on any atom is 0.261 e. The molecule has 19 heavy (non-hydrogen) atoms. The van der Waals surface area contributed by atoms with E-state index in [1.54, 1.807) is 0 Å². The first kappa shape index (κ1) is 12.2. The van der Waals surface area contributed by atoms with Gasteiger partial charge in [0.2, 0.25) is 0 Å². The van der Waals surface area contributed by atoms with E-state index >= 15 is 0 Å². The highest BCUT2D eigenvalue weighted by molar-refractivity contribution is 5.81. The molecule has 1 aliphatic rings. The maximum absolute atomic E-state index is 13.7. The van der Waals surface area contributed by atoms with E-state index in [4.69, 9.17) is 5.73 Å². The van der Waals surface area contributed by atoms with Crippen molar-refractivity contribution in [3.8, 4) is 0 Å². The first-order valence-corrected chi connectivity index (χ1v) is 5.63. The predicted octanol–water partition coefficient (Wildman–Crippen LogP) is -1.27. The third-order valence-corrected chi connectivity index (χ3v) is 3.46. The Hall–Kier alpha value is -1.84. The van der Waals surface area contributed by atoms with Crippen LogP contribution in [0, 0.1) is 0 Å². The van der Waals surface area contributed by atoms with E-state index in [9.17, 15) is 19.7 Å². The van der Waals surface area contributed by atoms with E-state index in [-0.39, 0.29) is 12.2 Å². The van der Waals surface area contributed by atoms with Crippen LogP contribution in [0.4, 0.5) is 10.2 Å². The van der Waals surface area contributed by atoms with E-state index in [0.717, 1.165) is 0 Å². The number of nitrogen functional groups attached to an aromatic ring is 1. The van der Waals surface area contributed by atoms with Crippen LogP contribution in [-0.2, 0) is 0 Å². The zero-order valence-corrected chi connectivity index (χ0v) is 9.68. The van der Waals surface area contributed by atoms with Gasteiger partial charge in [-0.2, -0.15) is 0 Å². The molecule has 9 heteroatoms. The number of anilines is 1. The van der Waals surface area contributed by atoms with Crippen molar-refractivity contribution in [1.82, 2.24) is 19.5 Å². The number of fused-ring (bicyclic) bond motifs is 1. The van der Waals surface area contributed by atoms with Crippen molar-refractivity contribution in [1.29, 1.82) is 0 Å². The van der Waals surface area contributed by atoms with Crippen LogP contribution >= 0.6 is 0 Å². The number of halogens is 1. The lowest BCUT2D eigenvalue weighted by Crippen LogP contribution is -2.43. The molecule has 8 nitrogen and oxygen atoms in total. The smallest absolute Gasteiger partial charge is 0.261 e. The van der Waals surface area contributed by atoms with Gasteiger partial charge in [-0.15, -0.1) is 0 Å². The minimum Gasteiger partial charge on any atom is -0.387 e. The highest BCUT2D eigenvalue weighted by Gasteiger charge is 2.55. The lowest BCUT2D eigenvalue weighted by molar-refractivity contribution is -0.202. The minimum absolute atomic E-state index is 0.160. The zero-order chi connectivity index (χ0) is 13.8. The molecular formula is C10H12FN5O3. The fourth-order valence-electron chi connectivity index (χ4n) is 2.37. The molecule has 2 aromatic heterocycles. The Labute approximate surface area is 106 Å². The lowest BCUT2D eigenvalue weighted by Gasteiger charge is -2.22. The number of alkyl halides is 1. The summed E-state index contributed by atoms with van der Waals surface area (Å²) in [5.74, 6) is -2.90. The summed E-state index contributed by atoms with van der Waals surface area (Å²) >= 11 is 0. The van der Waals surface area contributed by atoms with Gasteiger partial charge in [0.25, 0.3) is 5.85 Å². The van der Waals surface area contributed by atoms with Crippen molar-refractivity contribution in [3.05, 3.63) is 12.7 Å². The van der Waals surface area contributed by atoms with Gasteiger partial charge in [0.15, 0.2) is 11.5 Å². The maximum atomic E-state index is 13.7. The molecule has 0 aliphatic heterocycles. The molecule has 2 aromatic rings. The Morgan fingerprint density at radius 2 is 2.11 bits per heavy atom. The average Bonchev–Trinajstić information content (AvgIpc) is 2.86. The molecule has 0 saturated heterocycles. The monoisotopic (exact) mass is 269 g/mol. The molecule has 4 atom stereocenters. The van der Waals surface area contributed by atoms with Crippen LogP contribution in [0.25, 0.3) is 11.2 Å². The van der Waals surface area contributed by atoms with E-state index in [1.807, 2.05) is 0 Å². The highest BCUT2D eigenvalue weighted by atomic mass is 19.2. The number of aliphatic hydroxyl groups is 3. The molecule has 5 N–H and O–H groups in total. The number of nitrogens with two attached hydrogens (primary N) is 1. The second-order valence-corrected chi connectivity index (χ2v) is 4.57. The summed E-state index contributed by atoms with van der Waals surface area (Å²) in [5.41, 5.74) is 6.25. The number of hydrogen-bond donors (Lipinski definition) is 4. The van der Waals surface area contributed by atoms with E-state index in [2.05, 4.69) is 15.0 Å². The van der Waals surface area contributed by atoms with E-state index in [1.165, 1.54) is 17.2 Å². The van der Waals surface area contributed by atoms with Crippen LogP contribution in [0.3, 0.4) is 0 Å². The fraction of sp³-hybridized carbons (Fsp3) is 0.500. The summed E-state index contributed by atoms with van der Waals surface area (Å²) < 4.78 is 15.1. The Kier molecular flexibility index (Phi) is 2.46. The van der Waals surface area contributed by atoms with Gasteiger partial charge in [0.05, 0.1) is 12.4 Å². The van der Waals surface area contributed by atoms with Crippen molar-refractivity contribution in [2.45, 2.75) is 30.5 Å². The number of rotatable bonds is 1. The van der Waals surface area contributed by atoms with Gasteiger partial charge < -0.3 is 25.6 Å². The minimum atomic E-state index is -3.06. The highest BCUT2D eigenvalue weighted by Crippen LogP contribution is 2.40. The van der Waals surface area contributed by atoms with Crippen molar-refractivity contribution in [3.63, 3.8) is 0 Å². The third-order valence-electron chi connectivity index (χ3n) is 3.46. The van der Waals surface area contributed by atoms with Gasteiger partial charge in [-0.1, -0.05) is 0 Å². The molecule has 0 spiro atoms. The van der Waals surface area contributed by atoms with Crippen molar-refractivity contribution in [2.75, 3.05) is 5.73 Å². The molecule has 1 fully saturated rings. The Morgan fingerprint density at radius 1 is 1.37 bits per heavy atom. The second-order valence-electron chi connectivity index (χ2n) is 4.57. The van der Waals surface area contributed by atoms with Crippen LogP contribution in [0.1, 0.15) is 12.5 Å². The molecule has 0 radical (unpaired) electrons. The van der Waals surface area contributed by atoms with Crippen molar-refractivity contribution >= 4 is 17.0 Å². The normalized spacial score (nSPS) is 35.1. The molecule has 1 saturated carbocycles. The number of aliphatic hydroxyl groups excluding tert-OH is 2. The predicted molar refractivity (Wildman–Crippen MR) is 61.5 cm³/mol. The SMILES string of the molecule is Nc1ncnc2c1ncn2[C@H]1C[C@@H](O)[C@@](O)(F)[C@@H]1O. The Balaban J connectivity index is 2.09. The Bertz CT molecular complexity index is 631. The van der Waals surface area contributed by atoms with Gasteiger partial charge in [0, 0.05) is 6.42 Å². The average molecular weight is 269 g/mol. The third kappa shape index (κ3) is 1.59. The van der Waals surface area contributed by atoms with Crippen LogP contribution in [0.2, 0.25) is 0 Å². The topological polar surface area (TPSA) is 130 Å². The molecular weight excluding hydrogens is 257 g/mol. The van der Waals surface area contributed by atoms with Gasteiger partial charge in [-0.05, 0) is 0 Å². The molecule has 0 amide bonds. The summed E-state index contributed by atoms with van der Waals surface area (Å²) in [6.45, 7) is 0. The molecule has 3 rings (SSSR count). The van der Waals surface area contributed by atoms with Gasteiger partial charge in [0.1, 0.15) is 24.1 Å². The molecule has 0 aromatic carbocycles. The summed E-state index contributed by atoms with van der Waals surface area (Å²) in [6.07, 6.45) is -1.09. The van der Waals surface area contributed by atoms with Crippen molar-refractivity contribution in [2.24, 2.45) is 0 Å². The van der Waals surface area contributed by atoms with Gasteiger partial charge in [-0.25, -0.2) is 19.3 Å².